The van der Waals surface area contributed by atoms with Crippen LogP contribution in [0.2, 0.25) is 5.02 Å². The van der Waals surface area contributed by atoms with Crippen molar-refractivity contribution in [3.8, 4) is 0 Å². The lowest BCUT2D eigenvalue weighted by molar-refractivity contribution is -0.385. The number of hydrogen-bond acceptors (Lipinski definition) is 5. The highest BCUT2D eigenvalue weighted by atomic mass is 35.5. The van der Waals surface area contributed by atoms with E-state index in [0.29, 0.717) is 13.0 Å². The minimum absolute atomic E-state index is 0.157. The Morgan fingerprint density at radius 3 is 2.56 bits per heavy atom. The van der Waals surface area contributed by atoms with Gasteiger partial charge < -0.3 is 10.1 Å². The normalized spacial score (nSPS) is 10.1. The van der Waals surface area contributed by atoms with E-state index in [-0.39, 0.29) is 10.6 Å². The number of hydrogen-bond donors (Lipinski definition) is 1. The Morgan fingerprint density at radius 2 is 1.88 bits per heavy atom. The summed E-state index contributed by atoms with van der Waals surface area (Å²) in [6.45, 7) is -0.144. The zero-order valence-corrected chi connectivity index (χ0v) is 13.9. The summed E-state index contributed by atoms with van der Waals surface area (Å²) in [5.74, 6) is -1.47. The molecule has 0 bridgehead atoms. The number of rotatable bonds is 7. The zero-order valence-electron chi connectivity index (χ0n) is 13.1. The number of halogens is 1. The van der Waals surface area contributed by atoms with Gasteiger partial charge in [-0.3, -0.25) is 14.9 Å². The molecule has 0 aromatic heterocycles. The molecule has 0 saturated carbocycles. The van der Waals surface area contributed by atoms with Gasteiger partial charge in [-0.05, 0) is 24.1 Å². The first-order valence-corrected chi connectivity index (χ1v) is 7.77. The molecule has 2 aromatic carbocycles. The van der Waals surface area contributed by atoms with Crippen molar-refractivity contribution < 1.29 is 19.2 Å². The number of ether oxygens (including phenoxy) is 1. The van der Waals surface area contributed by atoms with Crippen molar-refractivity contribution in [1.29, 1.82) is 0 Å². The first-order valence-electron chi connectivity index (χ1n) is 7.39. The lowest BCUT2D eigenvalue weighted by atomic mass is 10.1. The second-order valence-electron chi connectivity index (χ2n) is 5.08. The fourth-order valence-corrected chi connectivity index (χ4v) is 2.25. The van der Waals surface area contributed by atoms with Crippen LogP contribution in [0.3, 0.4) is 0 Å². The molecule has 7 nitrogen and oxygen atoms in total. The lowest BCUT2D eigenvalue weighted by Gasteiger charge is -2.07. The molecule has 0 fully saturated rings. The Hall–Kier alpha value is -2.93. The molecule has 1 amide bonds. The summed E-state index contributed by atoms with van der Waals surface area (Å²) >= 11 is 5.75. The number of nitrogens with zero attached hydrogens (tertiary/aromatic N) is 1. The number of nitro groups is 1. The van der Waals surface area contributed by atoms with Crippen LogP contribution in [0, 0.1) is 10.1 Å². The van der Waals surface area contributed by atoms with Gasteiger partial charge in [-0.2, -0.15) is 0 Å². The van der Waals surface area contributed by atoms with Crippen LogP contribution in [-0.2, 0) is 16.0 Å². The third-order valence-electron chi connectivity index (χ3n) is 3.29. The Balaban J connectivity index is 1.84. The van der Waals surface area contributed by atoms with Gasteiger partial charge in [0.05, 0.1) is 4.92 Å². The maximum atomic E-state index is 12.0. The molecule has 0 unspecified atom stereocenters. The fourth-order valence-electron chi connectivity index (χ4n) is 2.08. The third kappa shape index (κ3) is 5.58. The minimum Gasteiger partial charge on any atom is -0.452 e. The first-order chi connectivity index (χ1) is 12.0. The summed E-state index contributed by atoms with van der Waals surface area (Å²) in [4.78, 5) is 33.9. The Kier molecular flexibility index (Phi) is 6.47. The fraction of sp³-hybridized carbons (Fsp3) is 0.176. The van der Waals surface area contributed by atoms with Crippen LogP contribution in [0.5, 0.6) is 0 Å². The maximum absolute atomic E-state index is 12.0. The zero-order chi connectivity index (χ0) is 18.2. The molecule has 1 N–H and O–H groups in total. The van der Waals surface area contributed by atoms with Gasteiger partial charge in [0, 0.05) is 17.6 Å². The molecular weight excluding hydrogens is 348 g/mol. The second-order valence-corrected chi connectivity index (χ2v) is 5.52. The van der Waals surface area contributed by atoms with Crippen molar-refractivity contribution in [1.82, 2.24) is 5.32 Å². The SMILES string of the molecule is O=C(COC(=O)c1cc(Cl)ccc1[N+](=O)[O-])NCCc1ccccc1. The first kappa shape index (κ1) is 18.4. The summed E-state index contributed by atoms with van der Waals surface area (Å²) in [6, 6.07) is 13.1. The number of carbonyl (C=O) groups excluding carboxylic acids is 2. The summed E-state index contributed by atoms with van der Waals surface area (Å²) in [5.41, 5.74) is 0.336. The average Bonchev–Trinajstić information content (AvgIpc) is 2.60. The quantitative estimate of drug-likeness (QED) is 0.464. The maximum Gasteiger partial charge on any atom is 0.345 e. The number of esters is 1. The van der Waals surface area contributed by atoms with Crippen LogP contribution in [0.15, 0.2) is 48.5 Å². The van der Waals surface area contributed by atoms with E-state index in [0.717, 1.165) is 17.7 Å². The van der Waals surface area contributed by atoms with E-state index in [1.54, 1.807) is 0 Å². The number of nitrogens with one attached hydrogen (secondary N) is 1. The van der Waals surface area contributed by atoms with E-state index in [4.69, 9.17) is 16.3 Å². The van der Waals surface area contributed by atoms with Crippen molar-refractivity contribution >= 4 is 29.2 Å². The Morgan fingerprint density at radius 1 is 1.16 bits per heavy atom. The van der Waals surface area contributed by atoms with E-state index < -0.39 is 29.1 Å². The highest BCUT2D eigenvalue weighted by Gasteiger charge is 2.22. The predicted molar refractivity (Wildman–Crippen MR) is 91.5 cm³/mol. The molecule has 25 heavy (non-hydrogen) atoms. The van der Waals surface area contributed by atoms with E-state index in [1.807, 2.05) is 30.3 Å². The van der Waals surface area contributed by atoms with Crippen LogP contribution < -0.4 is 5.32 Å². The van der Waals surface area contributed by atoms with Gasteiger partial charge in [-0.15, -0.1) is 0 Å². The largest absolute Gasteiger partial charge is 0.452 e. The highest BCUT2D eigenvalue weighted by Crippen LogP contribution is 2.23. The van der Waals surface area contributed by atoms with Crippen LogP contribution in [-0.4, -0.2) is 30.0 Å². The summed E-state index contributed by atoms with van der Waals surface area (Å²) in [5, 5.41) is 13.7. The summed E-state index contributed by atoms with van der Waals surface area (Å²) in [7, 11) is 0. The van der Waals surface area contributed by atoms with Gasteiger partial charge >= 0.3 is 5.97 Å². The molecule has 0 atom stereocenters. The van der Waals surface area contributed by atoms with Crippen molar-refractivity contribution in [2.45, 2.75) is 6.42 Å². The molecule has 2 rings (SSSR count). The van der Waals surface area contributed by atoms with Crippen LogP contribution >= 0.6 is 11.6 Å². The molecule has 130 valence electrons. The van der Waals surface area contributed by atoms with Gasteiger partial charge in [-0.25, -0.2) is 4.79 Å². The Labute approximate surface area is 148 Å². The molecule has 2 aromatic rings. The van der Waals surface area contributed by atoms with Crippen molar-refractivity contribution in [3.63, 3.8) is 0 Å². The molecule has 0 radical (unpaired) electrons. The van der Waals surface area contributed by atoms with Crippen LogP contribution in [0.1, 0.15) is 15.9 Å². The number of benzene rings is 2. The topological polar surface area (TPSA) is 98.5 Å². The third-order valence-corrected chi connectivity index (χ3v) is 3.52. The monoisotopic (exact) mass is 362 g/mol. The van der Waals surface area contributed by atoms with E-state index >= 15 is 0 Å². The number of amides is 1. The molecule has 8 heteroatoms. The van der Waals surface area contributed by atoms with Gasteiger partial charge in [-0.1, -0.05) is 41.9 Å². The van der Waals surface area contributed by atoms with Gasteiger partial charge in [0.1, 0.15) is 5.56 Å². The van der Waals surface area contributed by atoms with Gasteiger partial charge in [0.25, 0.3) is 11.6 Å². The molecular formula is C17H15ClN2O5. The van der Waals surface area contributed by atoms with Crippen molar-refractivity contribution in [2.24, 2.45) is 0 Å². The molecule has 0 aliphatic heterocycles. The Bertz CT molecular complexity index is 780. The van der Waals surface area contributed by atoms with Crippen molar-refractivity contribution in [3.05, 3.63) is 74.8 Å². The molecule has 0 heterocycles. The number of nitro benzene ring substituents is 1. The van der Waals surface area contributed by atoms with Crippen LogP contribution in [0.25, 0.3) is 0 Å². The second kappa shape index (κ2) is 8.79. The van der Waals surface area contributed by atoms with E-state index in [1.165, 1.54) is 6.07 Å². The van der Waals surface area contributed by atoms with E-state index in [9.17, 15) is 19.7 Å². The van der Waals surface area contributed by atoms with Crippen LogP contribution in [0.4, 0.5) is 5.69 Å². The summed E-state index contributed by atoms with van der Waals surface area (Å²) in [6.07, 6.45) is 0.639. The van der Waals surface area contributed by atoms with Gasteiger partial charge in [0.15, 0.2) is 6.61 Å². The standard InChI is InChI=1S/C17H15ClN2O5/c18-13-6-7-15(20(23)24)14(10-13)17(22)25-11-16(21)19-9-8-12-4-2-1-3-5-12/h1-7,10H,8-9,11H2,(H,19,21). The minimum atomic E-state index is -0.979. The lowest BCUT2D eigenvalue weighted by Crippen LogP contribution is -2.30. The van der Waals surface area contributed by atoms with E-state index in [2.05, 4.69) is 5.32 Å². The molecule has 0 aliphatic rings. The summed E-state index contributed by atoms with van der Waals surface area (Å²) < 4.78 is 4.82. The molecule has 0 saturated heterocycles. The molecule has 0 aliphatic carbocycles. The predicted octanol–water partition coefficient (Wildman–Crippen LogP) is 2.76. The van der Waals surface area contributed by atoms with Crippen molar-refractivity contribution in [2.75, 3.05) is 13.2 Å². The highest BCUT2D eigenvalue weighted by molar-refractivity contribution is 6.31. The molecule has 0 spiro atoms. The smallest absolute Gasteiger partial charge is 0.345 e. The van der Waals surface area contributed by atoms with Gasteiger partial charge in [0.2, 0.25) is 0 Å². The number of carbonyl (C=O) groups is 2. The average molecular weight is 363 g/mol.